The summed E-state index contributed by atoms with van der Waals surface area (Å²) in [5.41, 5.74) is 6.54. The van der Waals surface area contributed by atoms with Crippen molar-refractivity contribution in [3.63, 3.8) is 0 Å². The second kappa shape index (κ2) is 6.03. The van der Waals surface area contributed by atoms with Gasteiger partial charge in [0.15, 0.2) is 5.84 Å². The number of thioether (sulfide) groups is 1. The molecule has 100 valence electrons. The fourth-order valence-corrected chi connectivity index (χ4v) is 3.37. The van der Waals surface area contributed by atoms with Gasteiger partial charge in [0.05, 0.1) is 11.1 Å². The molecule has 1 aromatic carbocycles. The number of rotatable bonds is 4. The average molecular weight is 294 g/mol. The Hall–Kier alpha value is -1.60. The van der Waals surface area contributed by atoms with Gasteiger partial charge in [-0.1, -0.05) is 23.0 Å². The Morgan fingerprint density at radius 1 is 1.42 bits per heavy atom. The van der Waals surface area contributed by atoms with Crippen LogP contribution in [-0.4, -0.2) is 27.1 Å². The van der Waals surface area contributed by atoms with Crippen LogP contribution in [0.5, 0.6) is 0 Å². The molecule has 0 fully saturated rings. The summed E-state index contributed by atoms with van der Waals surface area (Å²) in [4.78, 5) is 2.92. The van der Waals surface area contributed by atoms with Crippen molar-refractivity contribution in [2.75, 3.05) is 6.26 Å². The number of nitrogens with zero attached hydrogens (tertiary/aromatic N) is 3. The van der Waals surface area contributed by atoms with E-state index in [1.165, 1.54) is 11.8 Å². The zero-order valence-electron chi connectivity index (χ0n) is 10.6. The third kappa shape index (κ3) is 3.05. The van der Waals surface area contributed by atoms with Gasteiger partial charge >= 0.3 is 0 Å². The molecule has 3 N–H and O–H groups in total. The number of amidine groups is 1. The molecule has 0 radical (unpaired) electrons. The lowest BCUT2D eigenvalue weighted by atomic mass is 10.2. The van der Waals surface area contributed by atoms with E-state index in [0.717, 1.165) is 20.2 Å². The smallest absolute Gasteiger partial charge is 0.172 e. The maximum absolute atomic E-state index is 8.93. The molecule has 0 saturated heterocycles. The summed E-state index contributed by atoms with van der Waals surface area (Å²) in [5, 5.41) is 16.2. The first-order chi connectivity index (χ1) is 9.15. The minimum Gasteiger partial charge on any atom is -0.409 e. The fraction of sp³-hybridized carbons (Fsp3) is 0.167. The molecule has 19 heavy (non-hydrogen) atoms. The van der Waals surface area contributed by atoms with Crippen LogP contribution < -0.4 is 5.73 Å². The Bertz CT molecular complexity index is 610. The minimum absolute atomic E-state index is 0.122. The first-order valence-corrected chi connectivity index (χ1v) is 7.51. The third-order valence-corrected chi connectivity index (χ3v) is 4.27. The molecule has 0 atom stereocenters. The lowest BCUT2D eigenvalue weighted by Gasteiger charge is -2.10. The molecule has 0 aliphatic rings. The van der Waals surface area contributed by atoms with Crippen molar-refractivity contribution < 1.29 is 5.21 Å². The van der Waals surface area contributed by atoms with Crippen molar-refractivity contribution in [3.8, 4) is 0 Å². The number of aromatic nitrogens is 2. The lowest BCUT2D eigenvalue weighted by molar-refractivity contribution is 0.318. The molecule has 7 heteroatoms. The van der Waals surface area contributed by atoms with Crippen molar-refractivity contribution >= 4 is 29.4 Å². The fourth-order valence-electron chi connectivity index (χ4n) is 1.65. The Morgan fingerprint density at radius 3 is 2.74 bits per heavy atom. The van der Waals surface area contributed by atoms with Crippen molar-refractivity contribution in [1.29, 1.82) is 0 Å². The molecule has 2 aromatic rings. The highest BCUT2D eigenvalue weighted by atomic mass is 32.2. The zero-order valence-corrected chi connectivity index (χ0v) is 12.2. The van der Waals surface area contributed by atoms with E-state index in [2.05, 4.69) is 10.3 Å². The SMILES string of the molecule is CSc1cccc(Sc2cnn(C)c2)c1/C(N)=N/O. The molecule has 0 saturated carbocycles. The summed E-state index contributed by atoms with van der Waals surface area (Å²) in [5.74, 6) is 0.122. The van der Waals surface area contributed by atoms with E-state index in [0.29, 0.717) is 0 Å². The number of nitrogens with two attached hydrogens (primary N) is 1. The average Bonchev–Trinajstić information content (AvgIpc) is 2.83. The van der Waals surface area contributed by atoms with Crippen LogP contribution in [0.2, 0.25) is 0 Å². The molecule has 0 amide bonds. The Kier molecular flexibility index (Phi) is 4.39. The first-order valence-electron chi connectivity index (χ1n) is 5.47. The van der Waals surface area contributed by atoms with Gasteiger partial charge in [-0.2, -0.15) is 5.10 Å². The van der Waals surface area contributed by atoms with Gasteiger partial charge in [0.25, 0.3) is 0 Å². The van der Waals surface area contributed by atoms with Crippen molar-refractivity contribution in [1.82, 2.24) is 9.78 Å². The van der Waals surface area contributed by atoms with Crippen molar-refractivity contribution in [3.05, 3.63) is 36.2 Å². The van der Waals surface area contributed by atoms with E-state index in [4.69, 9.17) is 10.9 Å². The summed E-state index contributed by atoms with van der Waals surface area (Å²) in [7, 11) is 1.87. The van der Waals surface area contributed by atoms with Crippen LogP contribution in [0.1, 0.15) is 5.56 Å². The molecule has 1 heterocycles. The van der Waals surface area contributed by atoms with Crippen LogP contribution >= 0.6 is 23.5 Å². The molecular formula is C12H14N4OS2. The van der Waals surface area contributed by atoms with E-state index in [-0.39, 0.29) is 5.84 Å². The quantitative estimate of drug-likeness (QED) is 0.298. The summed E-state index contributed by atoms with van der Waals surface area (Å²) in [6.07, 6.45) is 5.67. The normalized spacial score (nSPS) is 11.8. The zero-order chi connectivity index (χ0) is 13.8. The highest BCUT2D eigenvalue weighted by Crippen LogP contribution is 2.34. The molecular weight excluding hydrogens is 280 g/mol. The lowest BCUT2D eigenvalue weighted by Crippen LogP contribution is -2.15. The minimum atomic E-state index is 0.122. The van der Waals surface area contributed by atoms with Gasteiger partial charge in [-0.25, -0.2) is 0 Å². The Balaban J connectivity index is 2.44. The Labute approximate surface area is 119 Å². The second-order valence-electron chi connectivity index (χ2n) is 3.77. The maximum atomic E-state index is 8.93. The topological polar surface area (TPSA) is 76.4 Å². The van der Waals surface area contributed by atoms with E-state index in [9.17, 15) is 0 Å². The van der Waals surface area contributed by atoms with Gasteiger partial charge in [0, 0.05) is 28.6 Å². The highest BCUT2D eigenvalue weighted by molar-refractivity contribution is 8.00. The monoisotopic (exact) mass is 294 g/mol. The third-order valence-electron chi connectivity index (χ3n) is 2.48. The molecule has 0 aliphatic heterocycles. The number of hydrogen-bond acceptors (Lipinski definition) is 5. The van der Waals surface area contributed by atoms with Gasteiger partial charge < -0.3 is 10.9 Å². The first kappa shape index (κ1) is 13.8. The van der Waals surface area contributed by atoms with Gasteiger partial charge in [-0.15, -0.1) is 11.8 Å². The van der Waals surface area contributed by atoms with Gasteiger partial charge in [0.1, 0.15) is 0 Å². The molecule has 0 bridgehead atoms. The number of oxime groups is 1. The second-order valence-corrected chi connectivity index (χ2v) is 5.73. The largest absolute Gasteiger partial charge is 0.409 e. The number of benzene rings is 1. The van der Waals surface area contributed by atoms with Crippen molar-refractivity contribution in [2.24, 2.45) is 17.9 Å². The van der Waals surface area contributed by atoms with E-state index in [1.54, 1.807) is 22.6 Å². The van der Waals surface area contributed by atoms with Crippen LogP contribution in [-0.2, 0) is 7.05 Å². The summed E-state index contributed by atoms with van der Waals surface area (Å²) < 4.78 is 1.74. The van der Waals surface area contributed by atoms with E-state index < -0.39 is 0 Å². The molecule has 0 aliphatic carbocycles. The molecule has 5 nitrogen and oxygen atoms in total. The maximum Gasteiger partial charge on any atom is 0.172 e. The van der Waals surface area contributed by atoms with Crippen LogP contribution in [0.4, 0.5) is 0 Å². The van der Waals surface area contributed by atoms with Gasteiger partial charge in [-0.3, -0.25) is 4.68 Å². The highest BCUT2D eigenvalue weighted by Gasteiger charge is 2.14. The van der Waals surface area contributed by atoms with Gasteiger partial charge in [-0.05, 0) is 18.4 Å². The van der Waals surface area contributed by atoms with E-state index >= 15 is 0 Å². The van der Waals surface area contributed by atoms with Crippen LogP contribution in [0.3, 0.4) is 0 Å². The van der Waals surface area contributed by atoms with E-state index in [1.807, 2.05) is 37.7 Å². The summed E-state index contributed by atoms with van der Waals surface area (Å²) >= 11 is 3.10. The predicted octanol–water partition coefficient (Wildman–Crippen LogP) is 2.39. The molecule has 0 spiro atoms. The number of aryl methyl sites for hydroxylation is 1. The summed E-state index contributed by atoms with van der Waals surface area (Å²) in [6, 6.07) is 5.86. The van der Waals surface area contributed by atoms with Crippen LogP contribution in [0.15, 0.2) is 50.4 Å². The molecule has 2 rings (SSSR count). The predicted molar refractivity (Wildman–Crippen MR) is 78.1 cm³/mol. The van der Waals surface area contributed by atoms with Crippen molar-refractivity contribution in [2.45, 2.75) is 14.7 Å². The van der Waals surface area contributed by atoms with Crippen LogP contribution in [0.25, 0.3) is 0 Å². The standard InChI is InChI=1S/C12H14N4OS2/c1-16-7-8(6-14-16)19-10-5-3-4-9(18-2)11(10)12(13)15-17/h3-7,17H,1-2H3,(H2,13,15). The van der Waals surface area contributed by atoms with Gasteiger partial charge in [0.2, 0.25) is 0 Å². The molecule has 1 aromatic heterocycles. The summed E-state index contributed by atoms with van der Waals surface area (Å²) in [6.45, 7) is 0. The van der Waals surface area contributed by atoms with Crippen LogP contribution in [0, 0.1) is 0 Å². The molecule has 0 unspecified atom stereocenters. The number of hydrogen-bond donors (Lipinski definition) is 2. The Morgan fingerprint density at radius 2 is 2.16 bits per heavy atom.